The first-order valence-corrected chi connectivity index (χ1v) is 14.6. The van der Waals surface area contributed by atoms with Crippen molar-refractivity contribution in [1.82, 2.24) is 5.32 Å². The number of benzene rings is 2. The second-order valence-corrected chi connectivity index (χ2v) is 12.1. The van der Waals surface area contributed by atoms with Gasteiger partial charge in [0.1, 0.15) is 16.4 Å². The summed E-state index contributed by atoms with van der Waals surface area (Å²) in [6.07, 6.45) is 2.01. The monoisotopic (exact) mass is 572 g/mol. The van der Waals surface area contributed by atoms with E-state index in [2.05, 4.69) is 5.32 Å². The number of amides is 1. The number of halogens is 3. The molecule has 1 saturated carbocycles. The van der Waals surface area contributed by atoms with Crippen LogP contribution >= 0.6 is 11.6 Å². The zero-order valence-corrected chi connectivity index (χ0v) is 22.8. The van der Waals surface area contributed by atoms with Gasteiger partial charge in [0.2, 0.25) is 5.91 Å². The van der Waals surface area contributed by atoms with E-state index in [4.69, 9.17) is 26.8 Å². The van der Waals surface area contributed by atoms with Gasteiger partial charge >= 0.3 is 0 Å². The lowest BCUT2D eigenvalue weighted by Gasteiger charge is -2.40. The van der Waals surface area contributed by atoms with Gasteiger partial charge < -0.3 is 20.5 Å². The van der Waals surface area contributed by atoms with E-state index in [0.29, 0.717) is 63.8 Å². The Bertz CT molecular complexity index is 1160. The highest BCUT2D eigenvalue weighted by Crippen LogP contribution is 2.50. The molecule has 1 fully saturated rings. The Hall–Kier alpha value is -2.11. The molecule has 7 nitrogen and oxygen atoms in total. The quantitative estimate of drug-likeness (QED) is 0.326. The number of carbonyl (C=O) groups is 1. The Morgan fingerprint density at radius 2 is 1.68 bits per heavy atom. The number of carbonyl (C=O) groups excluding carboxylic acids is 1. The summed E-state index contributed by atoms with van der Waals surface area (Å²) in [4.78, 5) is 12.3. The van der Waals surface area contributed by atoms with Crippen molar-refractivity contribution in [3.05, 3.63) is 64.7 Å². The van der Waals surface area contributed by atoms with Crippen LogP contribution in [0.5, 0.6) is 0 Å². The molecule has 38 heavy (non-hydrogen) atoms. The van der Waals surface area contributed by atoms with Crippen LogP contribution in [0.1, 0.15) is 44.1 Å². The number of sulfone groups is 1. The fourth-order valence-corrected chi connectivity index (χ4v) is 7.18. The van der Waals surface area contributed by atoms with Crippen molar-refractivity contribution in [1.29, 1.82) is 0 Å². The molecule has 0 aromatic heterocycles. The molecule has 0 unspecified atom stereocenters. The zero-order valence-electron chi connectivity index (χ0n) is 21.3. The van der Waals surface area contributed by atoms with Crippen LogP contribution in [0.3, 0.4) is 0 Å². The molecule has 0 heterocycles. The van der Waals surface area contributed by atoms with E-state index >= 15 is 0 Å². The Kier molecular flexibility index (Phi) is 11.5. The first-order chi connectivity index (χ1) is 18.2. The lowest BCUT2D eigenvalue weighted by atomic mass is 9.76. The molecular weight excluding hydrogens is 538 g/mol. The van der Waals surface area contributed by atoms with E-state index in [1.165, 1.54) is 24.3 Å². The van der Waals surface area contributed by atoms with E-state index in [0.717, 1.165) is 18.2 Å². The summed E-state index contributed by atoms with van der Waals surface area (Å²) in [6, 6.07) is 8.66. The number of nitrogens with one attached hydrogen (secondary N) is 1. The van der Waals surface area contributed by atoms with Gasteiger partial charge in [-0.1, -0.05) is 11.6 Å². The Balaban J connectivity index is 1.60. The molecule has 11 heteroatoms. The van der Waals surface area contributed by atoms with E-state index in [9.17, 15) is 22.0 Å². The summed E-state index contributed by atoms with van der Waals surface area (Å²) >= 11 is 5.94. The molecule has 3 N–H and O–H groups in total. The van der Waals surface area contributed by atoms with E-state index in [1.807, 2.05) is 0 Å². The number of hydrogen-bond donors (Lipinski definition) is 2. The predicted molar refractivity (Wildman–Crippen MR) is 142 cm³/mol. The SMILES string of the molecule is NCCOCCOCCNC(=O)CCC1CCC(c2cc(F)ccc2F)(S(=O)(=O)c2ccc(Cl)cc2)CC1. The number of hydrogen-bond acceptors (Lipinski definition) is 6. The second-order valence-electron chi connectivity index (χ2n) is 9.42. The lowest BCUT2D eigenvalue weighted by Crippen LogP contribution is -2.41. The lowest BCUT2D eigenvalue weighted by molar-refractivity contribution is -0.121. The Morgan fingerprint density at radius 1 is 1.03 bits per heavy atom. The number of ether oxygens (including phenoxy) is 2. The van der Waals surface area contributed by atoms with Crippen molar-refractivity contribution in [2.75, 3.05) is 39.5 Å². The Labute approximate surface area is 227 Å². The molecule has 0 radical (unpaired) electrons. The Morgan fingerprint density at radius 3 is 2.34 bits per heavy atom. The van der Waals surface area contributed by atoms with Crippen molar-refractivity contribution in [2.24, 2.45) is 11.7 Å². The molecule has 0 aliphatic heterocycles. The predicted octanol–water partition coefficient (Wildman–Crippen LogP) is 4.37. The van der Waals surface area contributed by atoms with Crippen LogP contribution in [-0.4, -0.2) is 53.8 Å². The molecule has 2 aromatic rings. The van der Waals surface area contributed by atoms with Gasteiger partial charge in [-0.25, -0.2) is 17.2 Å². The van der Waals surface area contributed by atoms with Gasteiger partial charge in [-0.3, -0.25) is 4.79 Å². The minimum Gasteiger partial charge on any atom is -0.378 e. The smallest absolute Gasteiger partial charge is 0.220 e. The maximum atomic E-state index is 15.0. The molecule has 1 aliphatic rings. The molecule has 1 aliphatic carbocycles. The van der Waals surface area contributed by atoms with Crippen LogP contribution < -0.4 is 11.1 Å². The van der Waals surface area contributed by atoms with Crippen LogP contribution in [0.2, 0.25) is 5.02 Å². The van der Waals surface area contributed by atoms with Gasteiger partial charge in [0.05, 0.1) is 31.3 Å². The fourth-order valence-electron chi connectivity index (χ4n) is 4.89. The van der Waals surface area contributed by atoms with Gasteiger partial charge in [-0.2, -0.15) is 0 Å². The van der Waals surface area contributed by atoms with E-state index in [1.54, 1.807) is 0 Å². The molecule has 0 saturated heterocycles. The van der Waals surface area contributed by atoms with Crippen molar-refractivity contribution in [3.63, 3.8) is 0 Å². The fraction of sp³-hybridized carbons (Fsp3) is 0.519. The van der Waals surface area contributed by atoms with E-state index < -0.39 is 26.2 Å². The van der Waals surface area contributed by atoms with Gasteiger partial charge in [0.25, 0.3) is 0 Å². The third-order valence-corrected chi connectivity index (χ3v) is 9.75. The largest absolute Gasteiger partial charge is 0.378 e. The maximum Gasteiger partial charge on any atom is 0.220 e. The number of nitrogens with two attached hydrogens (primary N) is 1. The third-order valence-electron chi connectivity index (χ3n) is 6.95. The minimum absolute atomic E-state index is 0.0107. The minimum atomic E-state index is -4.09. The first-order valence-electron chi connectivity index (χ1n) is 12.8. The first kappa shape index (κ1) is 30.4. The number of rotatable bonds is 14. The summed E-state index contributed by atoms with van der Waals surface area (Å²) in [5, 5.41) is 3.18. The highest BCUT2D eigenvalue weighted by atomic mass is 35.5. The normalized spacial score (nSPS) is 19.8. The molecule has 3 rings (SSSR count). The van der Waals surface area contributed by atoms with Crippen LogP contribution in [0.15, 0.2) is 47.4 Å². The molecular formula is C27H35ClF2N2O5S. The van der Waals surface area contributed by atoms with Crippen LogP contribution in [0, 0.1) is 17.6 Å². The molecule has 0 spiro atoms. The van der Waals surface area contributed by atoms with Crippen molar-refractivity contribution in [3.8, 4) is 0 Å². The van der Waals surface area contributed by atoms with Crippen molar-refractivity contribution in [2.45, 2.75) is 48.2 Å². The van der Waals surface area contributed by atoms with Crippen LogP contribution in [0.25, 0.3) is 0 Å². The van der Waals surface area contributed by atoms with E-state index in [-0.39, 0.29) is 41.5 Å². The zero-order chi connectivity index (χ0) is 27.6. The summed E-state index contributed by atoms with van der Waals surface area (Å²) in [5.74, 6) is -1.48. The average molecular weight is 573 g/mol. The molecule has 0 atom stereocenters. The summed E-state index contributed by atoms with van der Waals surface area (Å²) in [6.45, 7) is 2.55. The van der Waals surface area contributed by atoms with Crippen molar-refractivity contribution < 1.29 is 31.5 Å². The highest BCUT2D eigenvalue weighted by molar-refractivity contribution is 7.92. The molecule has 1 amide bonds. The summed E-state index contributed by atoms with van der Waals surface area (Å²) in [7, 11) is -4.09. The summed E-state index contributed by atoms with van der Waals surface area (Å²) < 4.78 is 65.9. The third kappa shape index (κ3) is 7.72. The molecule has 2 aromatic carbocycles. The van der Waals surface area contributed by atoms with Gasteiger partial charge in [0.15, 0.2) is 9.84 Å². The average Bonchev–Trinajstić information content (AvgIpc) is 2.91. The van der Waals surface area contributed by atoms with Crippen molar-refractivity contribution >= 4 is 27.3 Å². The van der Waals surface area contributed by atoms with Gasteiger partial charge in [-0.15, -0.1) is 0 Å². The maximum absolute atomic E-state index is 15.0. The van der Waals surface area contributed by atoms with Crippen LogP contribution in [0.4, 0.5) is 8.78 Å². The second kappa shape index (κ2) is 14.3. The van der Waals surface area contributed by atoms with Crippen LogP contribution in [-0.2, 0) is 28.9 Å². The molecule has 210 valence electrons. The standard InChI is InChI=1S/C27H35ClF2N2O5S/c28-21-2-5-23(6-3-21)38(34,35)27(24-19-22(29)4-7-25(24)30)11-9-20(10-12-27)1-8-26(33)32-14-16-37-18-17-36-15-13-31/h2-7,19-20H,1,8-18,31H2,(H,32,33). The topological polar surface area (TPSA) is 108 Å². The molecule has 0 bridgehead atoms. The van der Waals surface area contributed by atoms with Gasteiger partial charge in [-0.05, 0) is 80.5 Å². The van der Waals surface area contributed by atoms with Gasteiger partial charge in [0, 0.05) is 30.1 Å². The highest BCUT2D eigenvalue weighted by Gasteiger charge is 2.50. The summed E-state index contributed by atoms with van der Waals surface area (Å²) in [5.41, 5.74) is 5.18.